The van der Waals surface area contributed by atoms with Gasteiger partial charge in [-0.25, -0.2) is 0 Å². The third-order valence-electron chi connectivity index (χ3n) is 3.24. The first-order valence-electron chi connectivity index (χ1n) is 5.51. The molecule has 3 N–H and O–H groups in total. The number of hydrogen-bond donors (Lipinski definition) is 2. The van der Waals surface area contributed by atoms with E-state index in [1.807, 2.05) is 0 Å². The minimum atomic E-state index is 0.0580. The number of nitrogens with two attached hydrogens (primary N) is 1. The normalized spacial score (nSPS) is 17.0. The van der Waals surface area contributed by atoms with Gasteiger partial charge in [-0.15, -0.1) is 0 Å². The molecule has 1 aromatic carbocycles. The molecule has 5 heteroatoms. The van der Waals surface area contributed by atoms with Crippen LogP contribution in [0.5, 0.6) is 5.75 Å². The second-order valence-corrected chi connectivity index (χ2v) is 4.76. The Labute approximate surface area is 98.3 Å². The maximum Gasteiger partial charge on any atom is 0.258 e. The summed E-state index contributed by atoms with van der Waals surface area (Å²) >= 11 is 0. The lowest BCUT2D eigenvalue weighted by molar-refractivity contribution is 0.416. The van der Waals surface area contributed by atoms with Crippen molar-refractivity contribution >= 4 is 5.69 Å². The summed E-state index contributed by atoms with van der Waals surface area (Å²) in [5.74, 6) is 1.25. The van der Waals surface area contributed by atoms with Crippen LogP contribution in [0.15, 0.2) is 22.7 Å². The van der Waals surface area contributed by atoms with Crippen molar-refractivity contribution in [1.82, 2.24) is 10.1 Å². The molecular formula is C12H13N3O2. The molecule has 2 aromatic rings. The second kappa shape index (κ2) is 3.23. The molecule has 1 aromatic heterocycles. The monoisotopic (exact) mass is 231 g/mol. The van der Waals surface area contributed by atoms with Gasteiger partial charge < -0.3 is 15.4 Å². The number of hydrogen-bond acceptors (Lipinski definition) is 5. The smallest absolute Gasteiger partial charge is 0.258 e. The maximum atomic E-state index is 9.34. The molecule has 0 bridgehead atoms. The molecule has 0 amide bonds. The van der Waals surface area contributed by atoms with Gasteiger partial charge in [-0.05, 0) is 31.0 Å². The van der Waals surface area contributed by atoms with Crippen LogP contribution in [0.1, 0.15) is 25.6 Å². The van der Waals surface area contributed by atoms with Crippen LogP contribution < -0.4 is 5.73 Å². The van der Waals surface area contributed by atoms with E-state index >= 15 is 0 Å². The molecule has 0 aliphatic heterocycles. The summed E-state index contributed by atoms with van der Waals surface area (Å²) in [5.41, 5.74) is 6.74. The second-order valence-electron chi connectivity index (χ2n) is 4.76. The number of phenolic OH excluding ortho intramolecular Hbond substituents is 1. The van der Waals surface area contributed by atoms with Gasteiger partial charge >= 0.3 is 0 Å². The van der Waals surface area contributed by atoms with Crippen LogP contribution in [0.25, 0.3) is 11.5 Å². The van der Waals surface area contributed by atoms with E-state index in [4.69, 9.17) is 10.3 Å². The minimum Gasteiger partial charge on any atom is -0.506 e. The van der Waals surface area contributed by atoms with Crippen molar-refractivity contribution in [3.8, 4) is 17.2 Å². The summed E-state index contributed by atoms with van der Waals surface area (Å²) in [5, 5.41) is 13.3. The van der Waals surface area contributed by atoms with Crippen molar-refractivity contribution in [3.63, 3.8) is 0 Å². The average Bonchev–Trinajstić information content (AvgIpc) is 2.88. The number of rotatable bonds is 2. The van der Waals surface area contributed by atoms with E-state index in [0.29, 0.717) is 11.6 Å². The van der Waals surface area contributed by atoms with Crippen LogP contribution in [0.2, 0.25) is 0 Å². The fraction of sp³-hybridized carbons (Fsp3) is 0.333. The van der Waals surface area contributed by atoms with Gasteiger partial charge in [0.1, 0.15) is 5.75 Å². The van der Waals surface area contributed by atoms with E-state index < -0.39 is 0 Å². The number of aromatic nitrogens is 2. The highest BCUT2D eigenvalue weighted by Crippen LogP contribution is 2.46. The van der Waals surface area contributed by atoms with Crippen molar-refractivity contribution in [2.24, 2.45) is 0 Å². The van der Waals surface area contributed by atoms with Crippen LogP contribution in [0.4, 0.5) is 5.69 Å². The van der Waals surface area contributed by atoms with Crippen molar-refractivity contribution in [2.75, 3.05) is 5.73 Å². The largest absolute Gasteiger partial charge is 0.506 e. The number of phenols is 1. The molecule has 0 unspecified atom stereocenters. The van der Waals surface area contributed by atoms with Crippen molar-refractivity contribution < 1.29 is 9.63 Å². The predicted molar refractivity (Wildman–Crippen MR) is 62.4 cm³/mol. The molecule has 1 aliphatic carbocycles. The molecule has 1 saturated carbocycles. The van der Waals surface area contributed by atoms with Gasteiger partial charge in [0.2, 0.25) is 0 Å². The first-order valence-corrected chi connectivity index (χ1v) is 5.51. The zero-order valence-corrected chi connectivity index (χ0v) is 9.47. The number of benzene rings is 1. The summed E-state index contributed by atoms with van der Waals surface area (Å²) in [4.78, 5) is 4.37. The first kappa shape index (κ1) is 10.1. The van der Waals surface area contributed by atoms with Gasteiger partial charge in [0, 0.05) is 11.0 Å². The molecule has 1 fully saturated rings. The molecule has 88 valence electrons. The predicted octanol–water partition coefficient (Wildman–Crippen LogP) is 2.08. The van der Waals surface area contributed by atoms with Crippen LogP contribution >= 0.6 is 0 Å². The zero-order valence-electron chi connectivity index (χ0n) is 9.47. The SMILES string of the molecule is CC1(c2noc(-c3ccc(O)c(N)c3)n2)CC1. The number of nitrogen functional groups attached to an aromatic ring is 1. The van der Waals surface area contributed by atoms with Crippen LogP contribution in [-0.2, 0) is 5.41 Å². The summed E-state index contributed by atoms with van der Waals surface area (Å²) < 4.78 is 5.21. The fourth-order valence-electron chi connectivity index (χ4n) is 1.68. The molecule has 17 heavy (non-hydrogen) atoms. The van der Waals surface area contributed by atoms with Gasteiger partial charge in [-0.3, -0.25) is 0 Å². The van der Waals surface area contributed by atoms with Crippen molar-refractivity contribution in [3.05, 3.63) is 24.0 Å². The van der Waals surface area contributed by atoms with Crippen molar-refractivity contribution in [1.29, 1.82) is 0 Å². The molecule has 3 rings (SSSR count). The van der Waals surface area contributed by atoms with Crippen LogP contribution in [0.3, 0.4) is 0 Å². The lowest BCUT2D eigenvalue weighted by Crippen LogP contribution is -2.01. The Hall–Kier alpha value is -2.04. The van der Waals surface area contributed by atoms with Gasteiger partial charge in [-0.1, -0.05) is 12.1 Å². The molecule has 0 spiro atoms. The Kier molecular flexibility index (Phi) is 1.92. The number of aromatic hydroxyl groups is 1. The summed E-state index contributed by atoms with van der Waals surface area (Å²) in [6.45, 7) is 2.12. The summed E-state index contributed by atoms with van der Waals surface area (Å²) in [7, 11) is 0. The number of nitrogens with zero attached hydrogens (tertiary/aromatic N) is 2. The van der Waals surface area contributed by atoms with Gasteiger partial charge in [-0.2, -0.15) is 4.98 Å². The number of anilines is 1. The van der Waals surface area contributed by atoms with E-state index in [0.717, 1.165) is 24.2 Å². The molecular weight excluding hydrogens is 218 g/mol. The Bertz CT molecular complexity index is 573. The molecule has 1 aliphatic rings. The van der Waals surface area contributed by atoms with E-state index in [-0.39, 0.29) is 11.2 Å². The molecule has 0 atom stereocenters. The highest BCUT2D eigenvalue weighted by atomic mass is 16.5. The fourth-order valence-corrected chi connectivity index (χ4v) is 1.68. The van der Waals surface area contributed by atoms with Crippen molar-refractivity contribution in [2.45, 2.75) is 25.2 Å². The topological polar surface area (TPSA) is 85.2 Å². The molecule has 5 nitrogen and oxygen atoms in total. The zero-order chi connectivity index (χ0) is 12.0. The van der Waals surface area contributed by atoms with Gasteiger partial charge in [0.25, 0.3) is 5.89 Å². The average molecular weight is 231 g/mol. The Morgan fingerprint density at radius 3 is 2.82 bits per heavy atom. The first-order chi connectivity index (χ1) is 8.08. The molecule has 0 saturated heterocycles. The lowest BCUT2D eigenvalue weighted by atomic mass is 10.1. The lowest BCUT2D eigenvalue weighted by Gasteiger charge is -2.00. The van der Waals surface area contributed by atoms with E-state index in [2.05, 4.69) is 17.1 Å². The molecule has 1 heterocycles. The van der Waals surface area contributed by atoms with Crippen LogP contribution in [-0.4, -0.2) is 15.2 Å². The summed E-state index contributed by atoms with van der Waals surface area (Å²) in [6.07, 6.45) is 2.20. The van der Waals surface area contributed by atoms with E-state index in [1.54, 1.807) is 12.1 Å². The third kappa shape index (κ3) is 1.63. The highest BCUT2D eigenvalue weighted by Gasteiger charge is 2.43. The standard InChI is InChI=1S/C12H13N3O2/c1-12(4-5-12)11-14-10(17-15-11)7-2-3-9(16)8(13)6-7/h2-3,6,16H,4-5,13H2,1H3. The summed E-state index contributed by atoms with van der Waals surface area (Å²) in [6, 6.07) is 4.85. The van der Waals surface area contributed by atoms with E-state index in [1.165, 1.54) is 6.07 Å². The van der Waals surface area contributed by atoms with Gasteiger partial charge in [0.15, 0.2) is 5.82 Å². The molecule has 0 radical (unpaired) electrons. The van der Waals surface area contributed by atoms with Gasteiger partial charge in [0.05, 0.1) is 5.69 Å². The Morgan fingerprint density at radius 2 is 2.18 bits per heavy atom. The van der Waals surface area contributed by atoms with Crippen LogP contribution in [0, 0.1) is 0 Å². The Balaban J connectivity index is 1.98. The maximum absolute atomic E-state index is 9.34. The minimum absolute atomic E-state index is 0.0580. The third-order valence-corrected chi connectivity index (χ3v) is 3.24. The highest BCUT2D eigenvalue weighted by molar-refractivity contribution is 5.64. The van der Waals surface area contributed by atoms with E-state index in [9.17, 15) is 5.11 Å². The Morgan fingerprint density at radius 1 is 1.41 bits per heavy atom. The quantitative estimate of drug-likeness (QED) is 0.610.